The van der Waals surface area contributed by atoms with Crippen LogP contribution in [0.4, 0.5) is 0 Å². The van der Waals surface area contributed by atoms with Crippen molar-refractivity contribution in [2.45, 2.75) is 74.1 Å². The van der Waals surface area contributed by atoms with Crippen LogP contribution in [0.2, 0.25) is 0 Å². The molecule has 17 nitrogen and oxygen atoms in total. The Bertz CT molecular complexity index is 1300. The Labute approximate surface area is 261 Å². The molecule has 4 aliphatic rings. The van der Waals surface area contributed by atoms with Crippen LogP contribution in [0.15, 0.2) is 42.7 Å². The quantitative estimate of drug-likeness (QED) is 0.0983. The summed E-state index contributed by atoms with van der Waals surface area (Å²) >= 11 is 0. The fourth-order valence-electron chi connectivity index (χ4n) is 5.71. The largest absolute Gasteiger partial charge is 0.504 e. The number of phenols is 1. The summed E-state index contributed by atoms with van der Waals surface area (Å²) in [6.45, 7) is 2.47. The Balaban J connectivity index is 1.35. The van der Waals surface area contributed by atoms with E-state index in [9.17, 15) is 50.4 Å². The number of aliphatic hydroxyl groups excluding tert-OH is 7. The number of para-hydroxylation sites is 1. The molecule has 0 amide bonds. The van der Waals surface area contributed by atoms with E-state index in [4.69, 9.17) is 33.2 Å². The van der Waals surface area contributed by atoms with Crippen LogP contribution in [0.1, 0.15) is 16.8 Å². The van der Waals surface area contributed by atoms with Crippen molar-refractivity contribution < 1.29 is 83.6 Å². The number of carbonyl (C=O) groups is 2. The van der Waals surface area contributed by atoms with Crippen LogP contribution in [0.5, 0.6) is 11.5 Å². The molecule has 46 heavy (non-hydrogen) atoms. The second-order valence-electron chi connectivity index (χ2n) is 11.1. The summed E-state index contributed by atoms with van der Waals surface area (Å²) in [7, 11) is 0. The molecule has 0 spiro atoms. The highest BCUT2D eigenvalue weighted by Crippen LogP contribution is 2.40. The lowest BCUT2D eigenvalue weighted by Crippen LogP contribution is -2.61. The molecule has 1 aromatic rings. The van der Waals surface area contributed by atoms with Crippen LogP contribution in [0, 0.1) is 11.8 Å². The van der Waals surface area contributed by atoms with Crippen molar-refractivity contribution in [3.63, 3.8) is 0 Å². The monoisotopic (exact) mass is 656 g/mol. The molecule has 3 saturated heterocycles. The zero-order valence-electron chi connectivity index (χ0n) is 24.2. The summed E-state index contributed by atoms with van der Waals surface area (Å²) in [6, 6.07) is 3.58. The number of fused-ring (bicyclic) bond motifs is 1. The number of esters is 2. The van der Waals surface area contributed by atoms with E-state index in [0.29, 0.717) is 6.42 Å². The summed E-state index contributed by atoms with van der Waals surface area (Å²) < 4.78 is 38.5. The summed E-state index contributed by atoms with van der Waals surface area (Å²) in [5.74, 6) is -4.07. The molecule has 0 bridgehead atoms. The fraction of sp³-hybridized carbons (Fsp3) is 0.586. The number of carbonyl (C=O) groups excluding carboxylic acids is 2. The lowest BCUT2D eigenvalue weighted by atomic mass is 9.81. The lowest BCUT2D eigenvalue weighted by Gasteiger charge is -2.44. The first-order chi connectivity index (χ1) is 22.0. The molecular formula is C29H36O17. The van der Waals surface area contributed by atoms with Crippen molar-refractivity contribution in [1.29, 1.82) is 0 Å². The molecule has 0 aromatic heterocycles. The van der Waals surface area contributed by atoms with E-state index in [2.05, 4.69) is 6.58 Å². The highest BCUT2D eigenvalue weighted by atomic mass is 16.8. The molecule has 0 radical (unpaired) electrons. The van der Waals surface area contributed by atoms with Gasteiger partial charge >= 0.3 is 11.9 Å². The van der Waals surface area contributed by atoms with Gasteiger partial charge in [-0.15, -0.1) is 6.58 Å². The van der Waals surface area contributed by atoms with Gasteiger partial charge in [0.05, 0.1) is 31.7 Å². The van der Waals surface area contributed by atoms with Gasteiger partial charge in [-0.2, -0.15) is 0 Å². The number of ether oxygens (including phenoxy) is 7. The van der Waals surface area contributed by atoms with Crippen LogP contribution in [0.25, 0.3) is 0 Å². The predicted octanol–water partition coefficient (Wildman–Crippen LogP) is -2.84. The fourth-order valence-corrected chi connectivity index (χ4v) is 5.71. The molecule has 1 aromatic carbocycles. The molecule has 4 heterocycles. The van der Waals surface area contributed by atoms with E-state index >= 15 is 0 Å². The summed E-state index contributed by atoms with van der Waals surface area (Å²) in [6.07, 6.45) is -14.7. The lowest BCUT2D eigenvalue weighted by molar-refractivity contribution is -0.338. The minimum Gasteiger partial charge on any atom is -0.504 e. The second kappa shape index (κ2) is 14.2. The zero-order valence-corrected chi connectivity index (χ0v) is 24.2. The van der Waals surface area contributed by atoms with Crippen LogP contribution in [-0.4, -0.2) is 140 Å². The van der Waals surface area contributed by atoms with Gasteiger partial charge in [-0.3, -0.25) is 0 Å². The molecule has 3 fully saturated rings. The maximum Gasteiger partial charge on any atom is 0.342 e. The highest BCUT2D eigenvalue weighted by Gasteiger charge is 2.51. The van der Waals surface area contributed by atoms with Gasteiger partial charge in [0.2, 0.25) is 18.9 Å². The van der Waals surface area contributed by atoms with Gasteiger partial charge in [-0.1, -0.05) is 12.1 Å². The van der Waals surface area contributed by atoms with E-state index < -0.39 is 122 Å². The number of aromatic hydroxyl groups is 1. The van der Waals surface area contributed by atoms with Gasteiger partial charge in [-0.05, 0) is 18.6 Å². The maximum atomic E-state index is 13.3. The van der Waals surface area contributed by atoms with Crippen molar-refractivity contribution in [3.8, 4) is 11.5 Å². The van der Waals surface area contributed by atoms with E-state index in [0.717, 1.165) is 6.07 Å². The van der Waals surface area contributed by atoms with Gasteiger partial charge in [0.1, 0.15) is 48.3 Å². The molecule has 0 unspecified atom stereocenters. The van der Waals surface area contributed by atoms with Gasteiger partial charge in [0.25, 0.3) is 0 Å². The SMILES string of the molecule is C=C[C@@H]1[C@H](O[C@@H]2O[C@H](CO)[C@@H](O)[C@H](O)[C@H]2OC(=O)c2cccc(O[C@H]3O[C@H](CO)[C@@H](O)[C@H](O)[C@H]3O)c2O)OC=C2C(=O)OCC[C@H]21. The van der Waals surface area contributed by atoms with Crippen molar-refractivity contribution >= 4 is 11.9 Å². The molecule has 254 valence electrons. The topological polar surface area (TPSA) is 261 Å². The number of hydrogen-bond acceptors (Lipinski definition) is 17. The normalized spacial score (nSPS) is 39.2. The van der Waals surface area contributed by atoms with Gasteiger partial charge < -0.3 is 74.0 Å². The first kappa shape index (κ1) is 34.0. The zero-order chi connectivity index (χ0) is 33.3. The van der Waals surface area contributed by atoms with Crippen LogP contribution in [-0.2, 0) is 33.2 Å². The van der Waals surface area contributed by atoms with Crippen LogP contribution >= 0.6 is 0 Å². The predicted molar refractivity (Wildman–Crippen MR) is 146 cm³/mol. The summed E-state index contributed by atoms with van der Waals surface area (Å²) in [5.41, 5.74) is -0.244. The van der Waals surface area contributed by atoms with E-state index in [-0.39, 0.29) is 12.2 Å². The molecule has 0 aliphatic carbocycles. The molecule has 5 rings (SSSR count). The average Bonchev–Trinajstić information content (AvgIpc) is 3.05. The average molecular weight is 657 g/mol. The number of cyclic esters (lactones) is 1. The summed E-state index contributed by atoms with van der Waals surface area (Å²) in [4.78, 5) is 25.5. The van der Waals surface area contributed by atoms with Crippen molar-refractivity contribution in [1.82, 2.24) is 0 Å². The van der Waals surface area contributed by atoms with Gasteiger partial charge in [-0.25, -0.2) is 9.59 Å². The Hall–Kier alpha value is -3.36. The third kappa shape index (κ3) is 6.43. The number of hydrogen-bond donors (Lipinski definition) is 8. The standard InChI is InChI=1S/C29H36O17/c1-2-11-12-6-7-40-25(38)14(12)10-41-27(11)46-29-24(22(36)20(34)17(9-31)44-29)45-26(39)13-4-3-5-15(18(13)32)42-28-23(37)21(35)19(33)16(8-30)43-28/h2-5,10-12,16-17,19-24,27-37H,1,6-9H2/t11-,12-,16+,17+,19+,20+,21-,22-,23+,24+,27-,28-,29-/m0/s1. The van der Waals surface area contributed by atoms with Crippen molar-refractivity contribution in [2.24, 2.45) is 11.8 Å². The van der Waals surface area contributed by atoms with E-state index in [1.807, 2.05) is 0 Å². The first-order valence-corrected chi connectivity index (χ1v) is 14.4. The summed E-state index contributed by atoms with van der Waals surface area (Å²) in [5, 5.41) is 81.8. The molecular weight excluding hydrogens is 620 g/mol. The first-order valence-electron chi connectivity index (χ1n) is 14.4. The Morgan fingerprint density at radius 3 is 2.28 bits per heavy atom. The van der Waals surface area contributed by atoms with E-state index in [1.165, 1.54) is 24.5 Å². The van der Waals surface area contributed by atoms with Gasteiger partial charge in [0, 0.05) is 11.8 Å². The number of rotatable bonds is 9. The molecule has 0 saturated carbocycles. The minimum atomic E-state index is -1.86. The van der Waals surface area contributed by atoms with Gasteiger partial charge in [0.15, 0.2) is 17.6 Å². The third-order valence-corrected chi connectivity index (χ3v) is 8.32. The molecule has 13 atom stereocenters. The molecule has 17 heteroatoms. The minimum absolute atomic E-state index is 0.151. The Morgan fingerprint density at radius 2 is 1.61 bits per heavy atom. The molecule has 4 aliphatic heterocycles. The number of aliphatic hydroxyl groups is 7. The van der Waals surface area contributed by atoms with E-state index in [1.54, 1.807) is 0 Å². The second-order valence-corrected chi connectivity index (χ2v) is 11.1. The van der Waals surface area contributed by atoms with Crippen LogP contribution in [0.3, 0.4) is 0 Å². The number of benzene rings is 1. The third-order valence-electron chi connectivity index (χ3n) is 8.32. The Kier molecular flexibility index (Phi) is 10.5. The Morgan fingerprint density at radius 1 is 0.935 bits per heavy atom. The smallest absolute Gasteiger partial charge is 0.342 e. The number of phenolic OH excluding ortho intramolecular Hbond substituents is 1. The van der Waals surface area contributed by atoms with Crippen molar-refractivity contribution in [3.05, 3.63) is 48.3 Å². The molecule has 8 N–H and O–H groups in total. The highest BCUT2D eigenvalue weighted by molar-refractivity contribution is 5.93. The van der Waals surface area contributed by atoms with Crippen LogP contribution < -0.4 is 4.74 Å². The maximum absolute atomic E-state index is 13.3. The van der Waals surface area contributed by atoms with Crippen molar-refractivity contribution in [2.75, 3.05) is 19.8 Å².